The highest BCUT2D eigenvalue weighted by atomic mass is 32.2. The smallest absolute Gasteiger partial charge is 0.352 e. The van der Waals surface area contributed by atoms with E-state index >= 15 is 0 Å². The summed E-state index contributed by atoms with van der Waals surface area (Å²) in [6, 6.07) is -0.584. The van der Waals surface area contributed by atoms with Gasteiger partial charge in [-0.05, 0) is 18.4 Å². The number of β-lactam (4-membered cyclic amide) rings is 1. The second kappa shape index (κ2) is 7.07. The number of fused-ring (bicyclic) bond motifs is 1. The average molecular weight is 386 g/mol. The van der Waals surface area contributed by atoms with Crippen LogP contribution in [-0.4, -0.2) is 49.8 Å². The van der Waals surface area contributed by atoms with E-state index in [1.807, 2.05) is 0 Å². The van der Waals surface area contributed by atoms with Crippen LogP contribution in [0.1, 0.15) is 24.5 Å². The molecule has 0 bridgehead atoms. The van der Waals surface area contributed by atoms with E-state index in [0.717, 1.165) is 33.3 Å². The zero-order valence-corrected chi connectivity index (χ0v) is 15.9. The molecular weight excluding hydrogens is 366 g/mol. The van der Waals surface area contributed by atoms with Gasteiger partial charge < -0.3 is 10.8 Å². The van der Waals surface area contributed by atoms with Crippen molar-refractivity contribution in [3.8, 4) is 0 Å². The van der Waals surface area contributed by atoms with Crippen LogP contribution in [0.4, 0.5) is 0 Å². The summed E-state index contributed by atoms with van der Waals surface area (Å²) in [5, 5.41) is 10.4. The lowest BCUT2D eigenvalue weighted by Crippen LogP contribution is -2.68. The Hall–Kier alpha value is -1.03. The van der Waals surface area contributed by atoms with Gasteiger partial charge in [-0.3, -0.25) is 9.69 Å². The highest BCUT2D eigenvalue weighted by molar-refractivity contribution is 8.02. The molecule has 0 aromatic carbocycles. The van der Waals surface area contributed by atoms with Gasteiger partial charge in [-0.1, -0.05) is 13.8 Å². The Kier molecular flexibility index (Phi) is 5.24. The number of aromatic nitrogens is 1. The minimum Gasteiger partial charge on any atom is -0.477 e. The molecule has 3 N–H and O–H groups in total. The summed E-state index contributed by atoms with van der Waals surface area (Å²) in [6.45, 7) is 4.15. The summed E-state index contributed by atoms with van der Waals surface area (Å²) < 4.78 is 1.14. The molecule has 2 aliphatic heterocycles. The Morgan fingerprint density at radius 3 is 2.83 bits per heavy atom. The van der Waals surface area contributed by atoms with Gasteiger partial charge in [0.05, 0.1) is 14.9 Å². The topological polar surface area (TPSA) is 96.5 Å². The van der Waals surface area contributed by atoms with E-state index < -0.39 is 12.0 Å². The first-order chi connectivity index (χ1) is 11.5. The van der Waals surface area contributed by atoms with E-state index in [-0.39, 0.29) is 17.0 Å². The van der Waals surface area contributed by atoms with E-state index in [0.29, 0.717) is 11.5 Å². The van der Waals surface area contributed by atoms with Crippen molar-refractivity contribution in [1.29, 1.82) is 0 Å². The van der Waals surface area contributed by atoms with Crippen molar-refractivity contribution in [3.05, 3.63) is 22.0 Å². The number of rotatable bonds is 6. The van der Waals surface area contributed by atoms with Crippen molar-refractivity contribution in [3.63, 3.8) is 0 Å². The highest BCUT2D eigenvalue weighted by Crippen LogP contribution is 2.41. The first kappa shape index (κ1) is 17.8. The third-order valence-corrected chi connectivity index (χ3v) is 8.00. The van der Waals surface area contributed by atoms with Gasteiger partial charge in [0.25, 0.3) is 0 Å². The summed E-state index contributed by atoms with van der Waals surface area (Å²) >= 11 is 4.83. The van der Waals surface area contributed by atoms with Gasteiger partial charge in [-0.15, -0.1) is 34.9 Å². The van der Waals surface area contributed by atoms with Crippen LogP contribution in [0.5, 0.6) is 0 Å². The molecule has 9 heteroatoms. The average Bonchev–Trinajstić information content (AvgIpc) is 3.00. The lowest BCUT2D eigenvalue weighted by Gasteiger charge is -2.48. The van der Waals surface area contributed by atoms with E-state index in [1.54, 1.807) is 34.9 Å². The van der Waals surface area contributed by atoms with Crippen LogP contribution in [0.15, 0.2) is 15.5 Å². The van der Waals surface area contributed by atoms with Crippen LogP contribution in [0.2, 0.25) is 0 Å². The lowest BCUT2D eigenvalue weighted by atomic mass is 10.0. The van der Waals surface area contributed by atoms with Crippen LogP contribution in [0.25, 0.3) is 0 Å². The Labute approximate surface area is 152 Å². The van der Waals surface area contributed by atoms with Crippen molar-refractivity contribution in [2.24, 2.45) is 5.73 Å². The molecule has 6 nitrogen and oxygen atoms in total. The predicted molar refractivity (Wildman–Crippen MR) is 97.3 cm³/mol. The number of hydrogen-bond donors (Lipinski definition) is 2. The Bertz CT molecular complexity index is 716. The number of thioether (sulfide) groups is 2. The molecule has 3 heterocycles. The summed E-state index contributed by atoms with van der Waals surface area (Å²) in [6.07, 6.45) is 1.76. The maximum absolute atomic E-state index is 11.9. The number of carbonyl (C=O) groups is 2. The first-order valence-corrected chi connectivity index (χ1v) is 10.6. The second-order valence-electron chi connectivity index (χ2n) is 5.53. The molecule has 2 aliphatic rings. The number of carboxylic acid groups (broad SMARTS) is 1. The maximum atomic E-state index is 11.9. The summed E-state index contributed by atoms with van der Waals surface area (Å²) in [5.74, 6) is -0.200. The molecule has 130 valence electrons. The minimum atomic E-state index is -1.05. The van der Waals surface area contributed by atoms with Gasteiger partial charge in [-0.2, -0.15) is 0 Å². The third kappa shape index (κ3) is 2.98. The number of carboxylic acids is 1. The van der Waals surface area contributed by atoms with Gasteiger partial charge >= 0.3 is 5.97 Å². The van der Waals surface area contributed by atoms with Gasteiger partial charge in [0.2, 0.25) is 5.91 Å². The molecule has 1 amide bonds. The number of aliphatic carboxylic acids is 1. The quantitative estimate of drug-likeness (QED) is 0.570. The number of aryl methyl sites for hydroxylation is 2. The van der Waals surface area contributed by atoms with Gasteiger partial charge in [0.1, 0.15) is 17.1 Å². The van der Waals surface area contributed by atoms with Crippen molar-refractivity contribution in [1.82, 2.24) is 9.88 Å². The number of thiazole rings is 1. The SMILES string of the molecule is CCc1nc(CC)c(SCC2=C(C(=O)O)N3C(=O)C(N)[C@@H]3SC2)s1. The molecule has 0 aliphatic carbocycles. The molecule has 1 aromatic heterocycles. The maximum Gasteiger partial charge on any atom is 0.352 e. The standard InChI is InChI=1S/C15H19N3O3S3/c1-3-8-15(24-9(4-2)17-8)23-6-7-5-22-13-10(16)12(19)18(13)11(7)14(20)21/h10,13H,3-6,16H2,1-2H3,(H,20,21)/t10?,13-/m0/s1. The molecule has 1 fully saturated rings. The summed E-state index contributed by atoms with van der Waals surface area (Å²) in [5.41, 5.74) is 7.74. The van der Waals surface area contributed by atoms with E-state index in [4.69, 9.17) is 5.73 Å². The molecular formula is C15H19N3O3S3. The lowest BCUT2D eigenvalue weighted by molar-refractivity contribution is -0.147. The number of nitrogens with two attached hydrogens (primary N) is 1. The molecule has 0 spiro atoms. The number of amides is 1. The van der Waals surface area contributed by atoms with Crippen molar-refractivity contribution in [2.45, 2.75) is 42.3 Å². The van der Waals surface area contributed by atoms with Gasteiger partial charge in [0.15, 0.2) is 0 Å². The largest absolute Gasteiger partial charge is 0.477 e. The Morgan fingerprint density at radius 2 is 2.21 bits per heavy atom. The van der Waals surface area contributed by atoms with Crippen molar-refractivity contribution < 1.29 is 14.7 Å². The molecule has 3 rings (SSSR count). The number of hydrogen-bond acceptors (Lipinski definition) is 7. The molecule has 0 saturated carbocycles. The van der Waals surface area contributed by atoms with E-state index in [1.165, 1.54) is 4.90 Å². The van der Waals surface area contributed by atoms with Crippen LogP contribution < -0.4 is 5.73 Å². The fourth-order valence-electron chi connectivity index (χ4n) is 2.72. The van der Waals surface area contributed by atoms with Crippen LogP contribution in [-0.2, 0) is 22.4 Å². The Balaban J connectivity index is 1.81. The van der Waals surface area contributed by atoms with Crippen LogP contribution in [0.3, 0.4) is 0 Å². The molecule has 1 aromatic rings. The summed E-state index contributed by atoms with van der Waals surface area (Å²) in [7, 11) is 0. The molecule has 1 unspecified atom stereocenters. The highest BCUT2D eigenvalue weighted by Gasteiger charge is 2.51. The Morgan fingerprint density at radius 1 is 1.46 bits per heavy atom. The molecule has 24 heavy (non-hydrogen) atoms. The van der Waals surface area contributed by atoms with Crippen LogP contribution >= 0.6 is 34.9 Å². The first-order valence-electron chi connectivity index (χ1n) is 7.74. The van der Waals surface area contributed by atoms with Gasteiger partial charge in [0, 0.05) is 11.5 Å². The second-order valence-corrected chi connectivity index (χ2v) is 8.96. The molecule has 2 atom stereocenters. The number of nitrogens with zero attached hydrogens (tertiary/aromatic N) is 2. The van der Waals surface area contributed by atoms with E-state index in [2.05, 4.69) is 18.8 Å². The fourth-order valence-corrected chi connectivity index (χ4v) is 6.56. The van der Waals surface area contributed by atoms with Crippen molar-refractivity contribution >= 4 is 46.7 Å². The monoisotopic (exact) mass is 385 g/mol. The summed E-state index contributed by atoms with van der Waals surface area (Å²) in [4.78, 5) is 29.6. The van der Waals surface area contributed by atoms with Crippen LogP contribution in [0, 0.1) is 0 Å². The van der Waals surface area contributed by atoms with Gasteiger partial charge in [-0.25, -0.2) is 9.78 Å². The third-order valence-electron chi connectivity index (χ3n) is 4.01. The zero-order valence-electron chi connectivity index (χ0n) is 13.4. The zero-order chi connectivity index (χ0) is 17.4. The molecule has 0 radical (unpaired) electrons. The van der Waals surface area contributed by atoms with E-state index in [9.17, 15) is 14.7 Å². The predicted octanol–water partition coefficient (Wildman–Crippen LogP) is 1.94. The molecule has 1 saturated heterocycles. The minimum absolute atomic E-state index is 0.122. The fraction of sp³-hybridized carbons (Fsp3) is 0.533. The van der Waals surface area contributed by atoms with Crippen molar-refractivity contribution in [2.75, 3.05) is 11.5 Å². The number of carbonyl (C=O) groups excluding carboxylic acids is 1. The normalized spacial score (nSPS) is 23.3.